The Hall–Kier alpha value is -1.39. The van der Waals surface area contributed by atoms with E-state index in [2.05, 4.69) is 5.32 Å². The van der Waals surface area contributed by atoms with Crippen molar-refractivity contribution in [3.63, 3.8) is 0 Å². The number of nitrogens with two attached hydrogens (primary N) is 1. The molecule has 0 amide bonds. The number of hydrogen-bond donors (Lipinski definition) is 3. The Morgan fingerprint density at radius 1 is 1.44 bits per heavy atom. The van der Waals surface area contributed by atoms with Crippen LogP contribution in [0.3, 0.4) is 0 Å². The standard InChI is InChI=1S/C12H18N2O2/c1-9(10-5-3-2-4-6-10)14-8-7-11(13)12(15)16/h2-6,9,11,14H,7-8,13H2,1H3,(H,15,16). The molecule has 0 saturated carbocycles. The molecule has 1 aromatic rings. The van der Waals surface area contributed by atoms with E-state index in [0.29, 0.717) is 13.0 Å². The van der Waals surface area contributed by atoms with Gasteiger partial charge in [0, 0.05) is 6.04 Å². The average Bonchev–Trinajstić information content (AvgIpc) is 2.29. The van der Waals surface area contributed by atoms with Crippen LogP contribution < -0.4 is 11.1 Å². The van der Waals surface area contributed by atoms with Crippen LogP contribution in [-0.2, 0) is 4.79 Å². The van der Waals surface area contributed by atoms with E-state index in [9.17, 15) is 4.79 Å². The number of hydrogen-bond acceptors (Lipinski definition) is 3. The summed E-state index contributed by atoms with van der Waals surface area (Å²) in [4.78, 5) is 10.5. The molecule has 0 spiro atoms. The Morgan fingerprint density at radius 2 is 2.06 bits per heavy atom. The molecule has 2 unspecified atom stereocenters. The summed E-state index contributed by atoms with van der Waals surface area (Å²) in [5.74, 6) is -0.950. The zero-order chi connectivity index (χ0) is 12.0. The summed E-state index contributed by atoms with van der Waals surface area (Å²) < 4.78 is 0. The summed E-state index contributed by atoms with van der Waals surface area (Å²) in [6.45, 7) is 2.64. The summed E-state index contributed by atoms with van der Waals surface area (Å²) in [5, 5.41) is 11.9. The summed E-state index contributed by atoms with van der Waals surface area (Å²) in [6, 6.07) is 9.44. The van der Waals surface area contributed by atoms with Gasteiger partial charge in [-0.3, -0.25) is 4.79 Å². The van der Waals surface area contributed by atoms with Gasteiger partial charge in [-0.25, -0.2) is 0 Å². The third-order valence-corrected chi connectivity index (χ3v) is 2.52. The summed E-state index contributed by atoms with van der Waals surface area (Å²) in [6.07, 6.45) is 0.437. The van der Waals surface area contributed by atoms with Crippen LogP contribution >= 0.6 is 0 Å². The Balaban J connectivity index is 2.31. The lowest BCUT2D eigenvalue weighted by molar-refractivity contribution is -0.138. The molecule has 0 radical (unpaired) electrons. The van der Waals surface area contributed by atoms with E-state index in [4.69, 9.17) is 10.8 Å². The summed E-state index contributed by atoms with van der Waals surface area (Å²) >= 11 is 0. The van der Waals surface area contributed by atoms with Gasteiger partial charge in [-0.15, -0.1) is 0 Å². The van der Waals surface area contributed by atoms with Crippen LogP contribution in [0.25, 0.3) is 0 Å². The first-order chi connectivity index (χ1) is 7.61. The van der Waals surface area contributed by atoms with E-state index in [1.54, 1.807) is 0 Å². The number of benzene rings is 1. The molecule has 0 heterocycles. The number of nitrogens with one attached hydrogen (secondary N) is 1. The fourth-order valence-electron chi connectivity index (χ4n) is 1.44. The Labute approximate surface area is 95.5 Å². The lowest BCUT2D eigenvalue weighted by Crippen LogP contribution is -2.34. The smallest absolute Gasteiger partial charge is 0.320 e. The van der Waals surface area contributed by atoms with Crippen LogP contribution in [0.5, 0.6) is 0 Å². The van der Waals surface area contributed by atoms with Crippen LogP contribution in [0.1, 0.15) is 24.9 Å². The second kappa shape index (κ2) is 6.25. The lowest BCUT2D eigenvalue weighted by atomic mass is 10.1. The number of carboxylic acid groups (broad SMARTS) is 1. The van der Waals surface area contributed by atoms with Crippen molar-refractivity contribution in [1.29, 1.82) is 0 Å². The second-order valence-electron chi connectivity index (χ2n) is 3.82. The predicted molar refractivity (Wildman–Crippen MR) is 63.1 cm³/mol. The molecule has 0 fully saturated rings. The topological polar surface area (TPSA) is 75.3 Å². The van der Waals surface area contributed by atoms with E-state index in [1.165, 1.54) is 5.56 Å². The van der Waals surface area contributed by atoms with Gasteiger partial charge < -0.3 is 16.2 Å². The highest BCUT2D eigenvalue weighted by molar-refractivity contribution is 5.72. The van der Waals surface area contributed by atoms with Crippen molar-refractivity contribution >= 4 is 5.97 Å². The van der Waals surface area contributed by atoms with Crippen molar-refractivity contribution in [3.8, 4) is 0 Å². The molecule has 0 saturated heterocycles. The molecule has 2 atom stereocenters. The van der Waals surface area contributed by atoms with Gasteiger partial charge in [-0.2, -0.15) is 0 Å². The Morgan fingerprint density at radius 3 is 2.62 bits per heavy atom. The fraction of sp³-hybridized carbons (Fsp3) is 0.417. The van der Waals surface area contributed by atoms with Crippen molar-refractivity contribution in [1.82, 2.24) is 5.32 Å². The number of aliphatic carboxylic acids is 1. The van der Waals surface area contributed by atoms with Gasteiger partial charge in [0.2, 0.25) is 0 Å². The quantitative estimate of drug-likeness (QED) is 0.674. The molecule has 1 aromatic carbocycles. The number of carbonyl (C=O) groups is 1. The number of carboxylic acids is 1. The minimum Gasteiger partial charge on any atom is -0.480 e. The average molecular weight is 222 g/mol. The third-order valence-electron chi connectivity index (χ3n) is 2.52. The van der Waals surface area contributed by atoms with Crippen LogP contribution in [0.4, 0.5) is 0 Å². The highest BCUT2D eigenvalue weighted by Gasteiger charge is 2.11. The minimum atomic E-state index is -0.950. The van der Waals surface area contributed by atoms with Crippen LogP contribution in [0.2, 0.25) is 0 Å². The van der Waals surface area contributed by atoms with Gasteiger partial charge in [-0.05, 0) is 25.5 Å². The third kappa shape index (κ3) is 4.00. The summed E-state index contributed by atoms with van der Waals surface area (Å²) in [7, 11) is 0. The predicted octanol–water partition coefficient (Wildman–Crippen LogP) is 1.14. The van der Waals surface area contributed by atoms with E-state index >= 15 is 0 Å². The van der Waals surface area contributed by atoms with Gasteiger partial charge in [0.25, 0.3) is 0 Å². The van der Waals surface area contributed by atoms with Crippen molar-refractivity contribution in [2.75, 3.05) is 6.54 Å². The molecule has 0 aliphatic carbocycles. The van der Waals surface area contributed by atoms with E-state index in [0.717, 1.165) is 0 Å². The molecule has 0 aliphatic rings. The van der Waals surface area contributed by atoms with Gasteiger partial charge in [0.05, 0.1) is 0 Å². The second-order valence-corrected chi connectivity index (χ2v) is 3.82. The molecule has 4 N–H and O–H groups in total. The van der Waals surface area contributed by atoms with Crippen molar-refractivity contribution in [2.45, 2.75) is 25.4 Å². The van der Waals surface area contributed by atoms with Crippen LogP contribution in [0.15, 0.2) is 30.3 Å². The van der Waals surface area contributed by atoms with Crippen LogP contribution in [-0.4, -0.2) is 23.7 Å². The molecule has 88 valence electrons. The SMILES string of the molecule is CC(NCCC(N)C(=O)O)c1ccccc1. The van der Waals surface area contributed by atoms with Gasteiger partial charge in [0.1, 0.15) is 6.04 Å². The minimum absolute atomic E-state index is 0.210. The molecule has 16 heavy (non-hydrogen) atoms. The maximum atomic E-state index is 10.5. The summed E-state index contributed by atoms with van der Waals surface area (Å²) in [5.41, 5.74) is 6.59. The first-order valence-corrected chi connectivity index (χ1v) is 5.38. The molecule has 1 rings (SSSR count). The molecule has 4 heteroatoms. The Kier molecular flexibility index (Phi) is 4.95. The molecular formula is C12H18N2O2. The monoisotopic (exact) mass is 222 g/mol. The zero-order valence-electron chi connectivity index (χ0n) is 9.39. The van der Waals surface area contributed by atoms with Crippen molar-refractivity contribution in [2.24, 2.45) is 5.73 Å². The Bertz CT molecular complexity index is 327. The molecule has 4 nitrogen and oxygen atoms in total. The van der Waals surface area contributed by atoms with E-state index in [1.807, 2.05) is 37.3 Å². The maximum Gasteiger partial charge on any atom is 0.320 e. The van der Waals surface area contributed by atoms with Crippen molar-refractivity contribution < 1.29 is 9.90 Å². The number of rotatable bonds is 6. The molecule has 0 aliphatic heterocycles. The maximum absolute atomic E-state index is 10.5. The molecule has 0 aromatic heterocycles. The molecule has 0 bridgehead atoms. The highest BCUT2D eigenvalue weighted by atomic mass is 16.4. The van der Waals surface area contributed by atoms with Gasteiger partial charge >= 0.3 is 5.97 Å². The highest BCUT2D eigenvalue weighted by Crippen LogP contribution is 2.10. The van der Waals surface area contributed by atoms with E-state index in [-0.39, 0.29) is 6.04 Å². The van der Waals surface area contributed by atoms with Gasteiger partial charge in [-0.1, -0.05) is 30.3 Å². The largest absolute Gasteiger partial charge is 0.480 e. The van der Waals surface area contributed by atoms with Crippen LogP contribution in [0, 0.1) is 0 Å². The van der Waals surface area contributed by atoms with Gasteiger partial charge in [0.15, 0.2) is 0 Å². The van der Waals surface area contributed by atoms with Crippen molar-refractivity contribution in [3.05, 3.63) is 35.9 Å². The first kappa shape index (κ1) is 12.7. The van der Waals surface area contributed by atoms with E-state index < -0.39 is 12.0 Å². The fourth-order valence-corrected chi connectivity index (χ4v) is 1.44. The zero-order valence-corrected chi connectivity index (χ0v) is 9.39. The normalized spacial score (nSPS) is 14.4. The first-order valence-electron chi connectivity index (χ1n) is 5.38. The lowest BCUT2D eigenvalue weighted by Gasteiger charge is -2.15. The molecular weight excluding hydrogens is 204 g/mol.